The van der Waals surface area contributed by atoms with Crippen LogP contribution >= 0.6 is 11.8 Å². The van der Waals surface area contributed by atoms with Crippen molar-refractivity contribution in [2.24, 2.45) is 0 Å². The van der Waals surface area contributed by atoms with E-state index in [9.17, 15) is 14.7 Å². The predicted octanol–water partition coefficient (Wildman–Crippen LogP) is -2.83. The third-order valence-corrected chi connectivity index (χ3v) is 3.69. The van der Waals surface area contributed by atoms with Crippen molar-refractivity contribution >= 4 is 29.7 Å². The number of carboxylic acid groups (broad SMARTS) is 1. The monoisotopic (exact) mass is 271 g/mol. The number of carbonyl (C=O) groups excluding carboxylic acids is 2. The van der Waals surface area contributed by atoms with Gasteiger partial charge in [0.25, 0.3) is 5.91 Å². The number of aliphatic carboxylic acids is 1. The maximum Gasteiger partial charge on any atom is 1.00 e. The van der Waals surface area contributed by atoms with Crippen LogP contribution in [0.1, 0.15) is 5.56 Å². The van der Waals surface area contributed by atoms with Gasteiger partial charge in [-0.3, -0.25) is 9.69 Å². The average molecular weight is 271 g/mol. The minimum Gasteiger partial charge on any atom is -0.543 e. The fourth-order valence-corrected chi connectivity index (χ4v) is 2.91. The minimum absolute atomic E-state index is 0. The minimum atomic E-state index is -1.32. The fourth-order valence-electron chi connectivity index (χ4n) is 1.80. The van der Waals surface area contributed by atoms with E-state index < -0.39 is 5.97 Å². The van der Waals surface area contributed by atoms with Crippen LogP contribution in [0.15, 0.2) is 39.7 Å². The van der Waals surface area contributed by atoms with E-state index in [1.807, 2.05) is 0 Å². The van der Waals surface area contributed by atoms with Gasteiger partial charge >= 0.3 is 29.6 Å². The van der Waals surface area contributed by atoms with Gasteiger partial charge in [0.2, 0.25) is 0 Å². The third kappa shape index (κ3) is 1.95. The molecular weight excluding hydrogens is 265 g/mol. The molecule has 3 heterocycles. The summed E-state index contributed by atoms with van der Waals surface area (Å²) < 4.78 is 4.90. The van der Waals surface area contributed by atoms with Gasteiger partial charge in [0.1, 0.15) is 5.37 Å². The van der Waals surface area contributed by atoms with Gasteiger partial charge in [-0.25, -0.2) is 0 Å². The molecule has 7 heteroatoms. The molecule has 2 aliphatic heterocycles. The van der Waals surface area contributed by atoms with Crippen molar-refractivity contribution in [3.05, 3.63) is 40.8 Å². The van der Waals surface area contributed by atoms with Crippen LogP contribution in [0, 0.1) is 0 Å². The SMILES string of the molecule is O=C([O-])C1=CS[C@@H]2/C(=C/c3ccoc3)C(=O)N12.[Na+]. The van der Waals surface area contributed by atoms with Crippen LogP contribution in [-0.2, 0) is 9.59 Å². The molecule has 1 atom stereocenters. The Balaban J connectivity index is 0.00000120. The quantitative estimate of drug-likeness (QED) is 0.329. The molecule has 1 saturated heterocycles. The number of rotatable bonds is 2. The molecule has 86 valence electrons. The second-order valence-corrected chi connectivity index (χ2v) is 4.56. The summed E-state index contributed by atoms with van der Waals surface area (Å²) in [7, 11) is 0. The first-order chi connectivity index (χ1) is 8.18. The summed E-state index contributed by atoms with van der Waals surface area (Å²) in [4.78, 5) is 23.7. The molecule has 5 nitrogen and oxygen atoms in total. The Hall–Kier alpha value is -0.950. The number of fused-ring (bicyclic) bond motifs is 1. The van der Waals surface area contributed by atoms with E-state index in [0.717, 1.165) is 5.56 Å². The standard InChI is InChI=1S/C11H7NO4S.Na/c13-9-7(3-6-1-2-16-4-6)10-12(9)8(5-17-10)11(14)15;/h1-5,10H,(H,14,15);/q;+1/p-1/b7-3+;/t10-;/m1./s1. The zero-order chi connectivity index (χ0) is 12.0. The van der Waals surface area contributed by atoms with Crippen LogP contribution < -0.4 is 34.7 Å². The van der Waals surface area contributed by atoms with Gasteiger partial charge in [0, 0.05) is 5.56 Å². The van der Waals surface area contributed by atoms with E-state index in [-0.39, 0.29) is 46.5 Å². The molecule has 0 aromatic carbocycles. The summed E-state index contributed by atoms with van der Waals surface area (Å²) in [5.41, 5.74) is 1.30. The second-order valence-electron chi connectivity index (χ2n) is 3.61. The molecule has 0 radical (unpaired) electrons. The topological polar surface area (TPSA) is 73.6 Å². The van der Waals surface area contributed by atoms with Crippen molar-refractivity contribution in [2.75, 3.05) is 0 Å². The molecule has 0 unspecified atom stereocenters. The van der Waals surface area contributed by atoms with Crippen LogP contribution in [0.2, 0.25) is 0 Å². The zero-order valence-electron chi connectivity index (χ0n) is 9.45. The number of furan rings is 1. The Morgan fingerprint density at radius 1 is 1.56 bits per heavy atom. The molecule has 18 heavy (non-hydrogen) atoms. The van der Waals surface area contributed by atoms with Crippen LogP contribution in [0.3, 0.4) is 0 Å². The van der Waals surface area contributed by atoms with Gasteiger partial charge in [-0.1, -0.05) is 0 Å². The summed E-state index contributed by atoms with van der Waals surface area (Å²) in [6.07, 6.45) is 4.74. The Labute approximate surface area is 129 Å². The molecule has 0 bridgehead atoms. The number of β-lactam (4-membered cyclic amide) rings is 1. The molecule has 1 aromatic rings. The molecule has 1 fully saturated rings. The summed E-state index contributed by atoms with van der Waals surface area (Å²) >= 11 is 1.29. The maximum atomic E-state index is 11.8. The van der Waals surface area contributed by atoms with Crippen molar-refractivity contribution in [3.63, 3.8) is 0 Å². The molecule has 0 spiro atoms. The van der Waals surface area contributed by atoms with Gasteiger partial charge in [-0.2, -0.15) is 0 Å². The summed E-state index contributed by atoms with van der Waals surface area (Å²) in [6.45, 7) is 0. The van der Waals surface area contributed by atoms with Gasteiger partial charge in [0.15, 0.2) is 0 Å². The molecule has 1 amide bonds. The number of carboxylic acids is 1. The Morgan fingerprint density at radius 2 is 2.33 bits per heavy atom. The first kappa shape index (κ1) is 13.5. The third-order valence-electron chi connectivity index (χ3n) is 2.61. The molecule has 2 aliphatic rings. The predicted molar refractivity (Wildman–Crippen MR) is 58.0 cm³/mol. The number of thioether (sulfide) groups is 1. The molecular formula is C11H6NNaO4S. The first-order valence-corrected chi connectivity index (χ1v) is 5.77. The zero-order valence-corrected chi connectivity index (χ0v) is 12.3. The Bertz CT molecular complexity index is 564. The number of carbonyl (C=O) groups is 2. The van der Waals surface area contributed by atoms with Gasteiger partial charge < -0.3 is 14.3 Å². The number of hydrogen-bond donors (Lipinski definition) is 0. The molecule has 3 rings (SSSR count). The van der Waals surface area contributed by atoms with Gasteiger partial charge in [-0.05, 0) is 17.6 Å². The van der Waals surface area contributed by atoms with Crippen LogP contribution in [0.5, 0.6) is 0 Å². The first-order valence-electron chi connectivity index (χ1n) is 4.83. The summed E-state index contributed by atoms with van der Waals surface area (Å²) in [6, 6.07) is 1.73. The van der Waals surface area contributed by atoms with E-state index in [2.05, 4.69) is 0 Å². The van der Waals surface area contributed by atoms with Gasteiger partial charge in [0.05, 0.1) is 29.8 Å². The molecule has 0 aliphatic carbocycles. The number of amides is 1. The smallest absolute Gasteiger partial charge is 0.543 e. The number of hydrogen-bond acceptors (Lipinski definition) is 5. The van der Waals surface area contributed by atoms with Crippen LogP contribution in [0.4, 0.5) is 0 Å². The Morgan fingerprint density at radius 3 is 2.94 bits per heavy atom. The van der Waals surface area contributed by atoms with Crippen LogP contribution in [0.25, 0.3) is 6.08 Å². The van der Waals surface area contributed by atoms with Crippen molar-refractivity contribution in [2.45, 2.75) is 5.37 Å². The largest absolute Gasteiger partial charge is 1.00 e. The normalized spacial score (nSPS) is 23.2. The van der Waals surface area contributed by atoms with Crippen molar-refractivity contribution in [3.8, 4) is 0 Å². The van der Waals surface area contributed by atoms with Gasteiger partial charge in [-0.15, -0.1) is 11.8 Å². The maximum absolute atomic E-state index is 11.8. The van der Waals surface area contributed by atoms with E-state index >= 15 is 0 Å². The van der Waals surface area contributed by atoms with Crippen molar-refractivity contribution in [1.29, 1.82) is 0 Å². The fraction of sp³-hybridized carbons (Fsp3) is 0.0909. The van der Waals surface area contributed by atoms with E-state index in [4.69, 9.17) is 4.42 Å². The summed E-state index contributed by atoms with van der Waals surface area (Å²) in [5.74, 6) is -1.62. The summed E-state index contributed by atoms with van der Waals surface area (Å²) in [5, 5.41) is 11.9. The van der Waals surface area contributed by atoms with E-state index in [1.165, 1.54) is 34.6 Å². The molecule has 0 N–H and O–H groups in total. The van der Waals surface area contributed by atoms with Crippen molar-refractivity contribution in [1.82, 2.24) is 4.90 Å². The molecule has 0 saturated carbocycles. The van der Waals surface area contributed by atoms with Crippen molar-refractivity contribution < 1.29 is 48.7 Å². The van der Waals surface area contributed by atoms with Crippen LogP contribution in [-0.4, -0.2) is 22.2 Å². The molecule has 1 aromatic heterocycles. The van der Waals surface area contributed by atoms with E-state index in [0.29, 0.717) is 5.57 Å². The van der Waals surface area contributed by atoms with E-state index in [1.54, 1.807) is 12.1 Å². The average Bonchev–Trinajstić information content (AvgIpc) is 2.93. The Kier molecular flexibility index (Phi) is 3.72. The second kappa shape index (κ2) is 4.97. The number of nitrogens with zero attached hydrogens (tertiary/aromatic N) is 1.